The van der Waals surface area contributed by atoms with Gasteiger partial charge in [0.1, 0.15) is 0 Å². The number of halogens is 1. The maximum Gasteiger partial charge on any atom is 0.237 e. The van der Waals surface area contributed by atoms with Crippen LogP contribution in [0.3, 0.4) is 0 Å². The summed E-state index contributed by atoms with van der Waals surface area (Å²) in [5.41, 5.74) is 0. The fourth-order valence-electron chi connectivity index (χ4n) is 2.38. The summed E-state index contributed by atoms with van der Waals surface area (Å²) >= 11 is 0. The third-order valence-corrected chi connectivity index (χ3v) is 3.30. The molecule has 0 aliphatic carbocycles. The van der Waals surface area contributed by atoms with Gasteiger partial charge in [-0.2, -0.15) is 0 Å². The van der Waals surface area contributed by atoms with Gasteiger partial charge in [0.2, 0.25) is 5.91 Å². The van der Waals surface area contributed by atoms with Crippen molar-refractivity contribution in [2.45, 2.75) is 45.2 Å². The molecule has 1 aliphatic rings. The summed E-state index contributed by atoms with van der Waals surface area (Å²) in [7, 11) is 1.67. The minimum absolute atomic E-state index is 0. The highest BCUT2D eigenvalue weighted by molar-refractivity contribution is 5.85. The summed E-state index contributed by atoms with van der Waals surface area (Å²) in [5, 5.41) is 3.11. The van der Waals surface area contributed by atoms with Crippen molar-refractivity contribution in [1.82, 2.24) is 10.2 Å². The highest BCUT2D eigenvalue weighted by Crippen LogP contribution is 2.25. The number of carbonyl (C=O) groups is 1. The van der Waals surface area contributed by atoms with Crippen molar-refractivity contribution in [2.75, 3.05) is 26.8 Å². The molecule has 1 saturated heterocycles. The molecule has 2 atom stereocenters. The third kappa shape index (κ3) is 4.82. The number of amides is 1. The number of rotatable bonds is 6. The molecule has 1 amide bonds. The van der Waals surface area contributed by atoms with Crippen molar-refractivity contribution in [3.8, 4) is 0 Å². The average molecular weight is 265 g/mol. The van der Waals surface area contributed by atoms with Gasteiger partial charge in [0, 0.05) is 25.7 Å². The Morgan fingerprint density at radius 3 is 2.76 bits per heavy atom. The number of methoxy groups -OCH3 is 1. The minimum atomic E-state index is 0. The van der Waals surface area contributed by atoms with E-state index in [1.165, 1.54) is 0 Å². The second-order valence-electron chi connectivity index (χ2n) is 4.46. The number of ether oxygens (including phenoxy) is 1. The molecule has 102 valence electrons. The average Bonchev–Trinajstić information content (AvgIpc) is 2.65. The van der Waals surface area contributed by atoms with Crippen molar-refractivity contribution in [2.24, 2.45) is 0 Å². The quantitative estimate of drug-likeness (QED) is 0.738. The summed E-state index contributed by atoms with van der Waals surface area (Å²) in [5.74, 6) is 0.230. The highest BCUT2D eigenvalue weighted by atomic mass is 35.5. The van der Waals surface area contributed by atoms with Crippen LogP contribution in [0.2, 0.25) is 0 Å². The normalized spacial score (nSPS) is 23.6. The van der Waals surface area contributed by atoms with Crippen LogP contribution in [-0.2, 0) is 9.53 Å². The first-order chi connectivity index (χ1) is 7.70. The fourth-order valence-corrected chi connectivity index (χ4v) is 2.38. The number of likely N-dealkylation sites (tertiary alicyclic amines) is 1. The van der Waals surface area contributed by atoms with Crippen molar-refractivity contribution >= 4 is 18.3 Å². The molecule has 0 aromatic heterocycles. The van der Waals surface area contributed by atoms with E-state index in [1.54, 1.807) is 7.11 Å². The molecule has 0 aromatic carbocycles. The molecule has 2 unspecified atom stereocenters. The molecule has 5 heteroatoms. The number of nitrogens with zero attached hydrogens (tertiary/aromatic N) is 1. The molecule has 0 radical (unpaired) electrons. The SMILES string of the molecule is CCC1CCC(C)N1C(=O)CNCCOC.Cl. The number of hydrogen-bond donors (Lipinski definition) is 1. The van der Waals surface area contributed by atoms with Gasteiger partial charge in [-0.15, -0.1) is 12.4 Å². The van der Waals surface area contributed by atoms with E-state index in [0.29, 0.717) is 25.2 Å². The fraction of sp³-hybridized carbons (Fsp3) is 0.917. The smallest absolute Gasteiger partial charge is 0.237 e. The Kier molecular flexibility index (Phi) is 8.56. The Balaban J connectivity index is 0.00000256. The van der Waals surface area contributed by atoms with Gasteiger partial charge in [-0.05, 0) is 26.2 Å². The van der Waals surface area contributed by atoms with Crippen LogP contribution in [0.4, 0.5) is 0 Å². The molecule has 0 aromatic rings. The van der Waals surface area contributed by atoms with E-state index in [1.807, 2.05) is 0 Å². The van der Waals surface area contributed by atoms with Gasteiger partial charge in [-0.25, -0.2) is 0 Å². The van der Waals surface area contributed by atoms with Crippen LogP contribution in [0.5, 0.6) is 0 Å². The van der Waals surface area contributed by atoms with E-state index >= 15 is 0 Å². The third-order valence-electron chi connectivity index (χ3n) is 3.30. The summed E-state index contributed by atoms with van der Waals surface area (Å²) in [6.45, 7) is 6.12. The predicted octanol–water partition coefficient (Wildman–Crippen LogP) is 1.43. The van der Waals surface area contributed by atoms with E-state index in [0.717, 1.165) is 25.8 Å². The Morgan fingerprint density at radius 2 is 2.18 bits per heavy atom. The van der Waals surface area contributed by atoms with Crippen LogP contribution >= 0.6 is 12.4 Å². The Hall–Kier alpha value is -0.320. The lowest BCUT2D eigenvalue weighted by Gasteiger charge is -2.28. The monoisotopic (exact) mass is 264 g/mol. The van der Waals surface area contributed by atoms with E-state index in [4.69, 9.17) is 4.74 Å². The topological polar surface area (TPSA) is 41.6 Å². The van der Waals surface area contributed by atoms with Crippen molar-refractivity contribution in [3.05, 3.63) is 0 Å². The maximum absolute atomic E-state index is 12.0. The molecule has 1 heterocycles. The van der Waals surface area contributed by atoms with Gasteiger partial charge in [0.15, 0.2) is 0 Å². The molecule has 17 heavy (non-hydrogen) atoms. The van der Waals surface area contributed by atoms with Crippen LogP contribution in [0.25, 0.3) is 0 Å². The first-order valence-corrected chi connectivity index (χ1v) is 6.21. The molecule has 1 fully saturated rings. The van der Waals surface area contributed by atoms with E-state index < -0.39 is 0 Å². The van der Waals surface area contributed by atoms with Crippen LogP contribution in [0, 0.1) is 0 Å². The Bertz CT molecular complexity index is 227. The number of hydrogen-bond acceptors (Lipinski definition) is 3. The van der Waals surface area contributed by atoms with Crippen molar-refractivity contribution in [3.63, 3.8) is 0 Å². The second-order valence-corrected chi connectivity index (χ2v) is 4.46. The van der Waals surface area contributed by atoms with Crippen LogP contribution in [-0.4, -0.2) is 49.7 Å². The highest BCUT2D eigenvalue weighted by Gasteiger charge is 2.32. The lowest BCUT2D eigenvalue weighted by molar-refractivity contribution is -0.132. The summed E-state index contributed by atoms with van der Waals surface area (Å²) in [6, 6.07) is 0.855. The zero-order chi connectivity index (χ0) is 12.0. The van der Waals surface area contributed by atoms with Gasteiger partial charge >= 0.3 is 0 Å². The maximum atomic E-state index is 12.0. The van der Waals surface area contributed by atoms with Gasteiger partial charge in [-0.1, -0.05) is 6.92 Å². The first-order valence-electron chi connectivity index (χ1n) is 6.21. The molecule has 0 bridgehead atoms. The van der Waals surface area contributed by atoms with Gasteiger partial charge in [-0.3, -0.25) is 4.79 Å². The molecule has 0 saturated carbocycles. The Morgan fingerprint density at radius 1 is 1.47 bits per heavy atom. The zero-order valence-electron chi connectivity index (χ0n) is 11.1. The molecule has 1 aliphatic heterocycles. The summed E-state index contributed by atoms with van der Waals surface area (Å²) in [6.07, 6.45) is 3.36. The van der Waals surface area contributed by atoms with Crippen LogP contribution in [0.15, 0.2) is 0 Å². The van der Waals surface area contributed by atoms with E-state index in [2.05, 4.69) is 24.1 Å². The van der Waals surface area contributed by atoms with Gasteiger partial charge < -0.3 is 15.0 Å². The molecule has 0 spiro atoms. The molecule has 4 nitrogen and oxygen atoms in total. The predicted molar refractivity (Wildman–Crippen MR) is 71.6 cm³/mol. The largest absolute Gasteiger partial charge is 0.383 e. The zero-order valence-corrected chi connectivity index (χ0v) is 11.9. The van der Waals surface area contributed by atoms with Crippen molar-refractivity contribution in [1.29, 1.82) is 0 Å². The van der Waals surface area contributed by atoms with Crippen LogP contribution in [0.1, 0.15) is 33.1 Å². The van der Waals surface area contributed by atoms with Crippen LogP contribution < -0.4 is 5.32 Å². The first kappa shape index (κ1) is 16.7. The standard InChI is InChI=1S/C12H24N2O2.ClH/c1-4-11-6-5-10(2)14(11)12(15)9-13-7-8-16-3;/h10-11,13H,4-9H2,1-3H3;1H. The molecule has 1 rings (SSSR count). The summed E-state index contributed by atoms with van der Waals surface area (Å²) < 4.78 is 4.93. The van der Waals surface area contributed by atoms with Gasteiger partial charge in [0.25, 0.3) is 0 Å². The molecule has 1 N–H and O–H groups in total. The lowest BCUT2D eigenvalue weighted by Crippen LogP contribution is -2.44. The molecular formula is C12H25ClN2O2. The molecular weight excluding hydrogens is 240 g/mol. The Labute approximate surface area is 110 Å². The second kappa shape index (κ2) is 8.72. The lowest BCUT2D eigenvalue weighted by atomic mass is 10.1. The number of nitrogens with one attached hydrogen (secondary N) is 1. The summed E-state index contributed by atoms with van der Waals surface area (Å²) in [4.78, 5) is 14.1. The van der Waals surface area contributed by atoms with E-state index in [-0.39, 0.29) is 18.3 Å². The van der Waals surface area contributed by atoms with E-state index in [9.17, 15) is 4.79 Å². The minimum Gasteiger partial charge on any atom is -0.383 e. The van der Waals surface area contributed by atoms with Crippen molar-refractivity contribution < 1.29 is 9.53 Å². The van der Waals surface area contributed by atoms with Gasteiger partial charge in [0.05, 0.1) is 13.2 Å². The number of carbonyl (C=O) groups excluding carboxylic acids is 1.